The molecule has 2 nitrogen and oxygen atoms in total. The summed E-state index contributed by atoms with van der Waals surface area (Å²) in [6.07, 6.45) is 8.75. The van der Waals surface area contributed by atoms with Crippen LogP contribution in [0.2, 0.25) is 0 Å². The van der Waals surface area contributed by atoms with E-state index in [1.54, 1.807) is 0 Å². The first-order valence-electron chi connectivity index (χ1n) is 12.4. The summed E-state index contributed by atoms with van der Waals surface area (Å²) in [5.41, 5.74) is -0.00108. The first-order valence-corrected chi connectivity index (χ1v) is 13.7. The predicted molar refractivity (Wildman–Crippen MR) is 138 cm³/mol. The lowest BCUT2D eigenvalue weighted by molar-refractivity contribution is 0.0103. The van der Waals surface area contributed by atoms with Crippen molar-refractivity contribution < 1.29 is 9.53 Å². The lowest BCUT2D eigenvalue weighted by Crippen LogP contribution is -2.30. The highest BCUT2D eigenvalue weighted by molar-refractivity contribution is 7.97. The number of hydrogen-bond donors (Lipinski definition) is 0. The maximum Gasteiger partial charge on any atom is 0.339 e. The Balaban J connectivity index is 1.37. The fraction of sp³-hybridized carbons (Fsp3) is 0.323. The van der Waals surface area contributed by atoms with Crippen LogP contribution in [0.4, 0.5) is 0 Å². The van der Waals surface area contributed by atoms with E-state index in [9.17, 15) is 4.79 Å². The molecule has 3 heteroatoms. The molecule has 0 aliphatic heterocycles. The molecule has 34 heavy (non-hydrogen) atoms. The van der Waals surface area contributed by atoms with Crippen molar-refractivity contribution >= 4 is 16.9 Å². The summed E-state index contributed by atoms with van der Waals surface area (Å²) in [4.78, 5) is 16.8. The van der Waals surface area contributed by atoms with Gasteiger partial charge in [-0.1, -0.05) is 61.1 Å². The fourth-order valence-corrected chi connectivity index (χ4v) is 7.07. The quantitative estimate of drug-likeness (QED) is 0.221. The molecule has 2 fully saturated rings. The van der Waals surface area contributed by atoms with Gasteiger partial charge in [0, 0.05) is 5.92 Å². The molecule has 172 valence electrons. The minimum absolute atomic E-state index is 0.228. The zero-order valence-corrected chi connectivity index (χ0v) is 20.4. The molecule has 2 saturated carbocycles. The molecule has 0 saturated heterocycles. The summed E-state index contributed by atoms with van der Waals surface area (Å²) in [6.45, 7) is 0. The van der Waals surface area contributed by atoms with Crippen molar-refractivity contribution in [3.63, 3.8) is 0 Å². The standard InChI is InChI=1S/C31H31O2S/c32-30(33-31(22-9-10-23-31)24-21-25-11-7-8-12-25)26-17-19-29(20-18-26)34(27-13-3-1-4-14-27)28-15-5-2-6-16-28/h1-6,13-20,25H,7-12,22-23H2/q+1. The third-order valence-electron chi connectivity index (χ3n) is 6.84. The number of carbonyl (C=O) groups excluding carboxylic acids is 1. The van der Waals surface area contributed by atoms with Gasteiger partial charge in [0.2, 0.25) is 0 Å². The molecule has 5 rings (SSSR count). The number of rotatable bonds is 5. The van der Waals surface area contributed by atoms with Crippen LogP contribution < -0.4 is 0 Å². The van der Waals surface area contributed by atoms with Crippen LogP contribution >= 0.6 is 0 Å². The topological polar surface area (TPSA) is 26.3 Å². The highest BCUT2D eigenvalue weighted by Crippen LogP contribution is 2.35. The van der Waals surface area contributed by atoms with Gasteiger partial charge < -0.3 is 4.74 Å². The van der Waals surface area contributed by atoms with Gasteiger partial charge in [-0.05, 0) is 87.1 Å². The molecule has 0 amide bonds. The molecule has 0 heterocycles. The van der Waals surface area contributed by atoms with Crippen molar-refractivity contribution in [1.29, 1.82) is 0 Å². The van der Waals surface area contributed by atoms with Crippen LogP contribution in [0.3, 0.4) is 0 Å². The van der Waals surface area contributed by atoms with Crippen LogP contribution in [0.1, 0.15) is 61.7 Å². The molecule has 3 aromatic carbocycles. The number of benzene rings is 3. The summed E-state index contributed by atoms with van der Waals surface area (Å²) < 4.78 is 6.10. The maximum atomic E-state index is 13.1. The number of hydrogen-bond acceptors (Lipinski definition) is 2. The summed E-state index contributed by atoms with van der Waals surface area (Å²) in [6, 6.07) is 29.1. The van der Waals surface area contributed by atoms with E-state index in [1.165, 1.54) is 40.4 Å². The van der Waals surface area contributed by atoms with Crippen LogP contribution in [-0.2, 0) is 15.6 Å². The van der Waals surface area contributed by atoms with Crippen molar-refractivity contribution in [3.8, 4) is 11.8 Å². The Morgan fingerprint density at radius 2 is 1.26 bits per heavy atom. The van der Waals surface area contributed by atoms with Gasteiger partial charge in [-0.15, -0.1) is 0 Å². The van der Waals surface area contributed by atoms with E-state index >= 15 is 0 Å². The predicted octanol–water partition coefficient (Wildman–Crippen LogP) is 7.45. The van der Waals surface area contributed by atoms with E-state index in [0.717, 1.165) is 25.7 Å². The van der Waals surface area contributed by atoms with Gasteiger partial charge in [-0.3, -0.25) is 0 Å². The van der Waals surface area contributed by atoms with Crippen LogP contribution in [0.5, 0.6) is 0 Å². The van der Waals surface area contributed by atoms with Crippen molar-refractivity contribution in [2.75, 3.05) is 0 Å². The Kier molecular flexibility index (Phi) is 7.07. The third kappa shape index (κ3) is 5.24. The van der Waals surface area contributed by atoms with Gasteiger partial charge in [0.15, 0.2) is 20.3 Å². The molecule has 0 radical (unpaired) electrons. The molecule has 2 aliphatic rings. The molecule has 0 aromatic heterocycles. The summed E-state index contributed by atoms with van der Waals surface area (Å²) in [7, 11) is -0.228. The summed E-state index contributed by atoms with van der Waals surface area (Å²) in [5, 5.41) is 0. The van der Waals surface area contributed by atoms with Gasteiger partial charge in [0.25, 0.3) is 0 Å². The summed E-state index contributed by atoms with van der Waals surface area (Å²) >= 11 is 0. The van der Waals surface area contributed by atoms with Crippen LogP contribution in [0.25, 0.3) is 0 Å². The Hall–Kier alpha value is -2.96. The first-order chi connectivity index (χ1) is 16.7. The smallest absolute Gasteiger partial charge is 0.339 e. The van der Waals surface area contributed by atoms with Gasteiger partial charge in [0.05, 0.1) is 16.5 Å². The van der Waals surface area contributed by atoms with E-state index in [0.29, 0.717) is 11.5 Å². The zero-order valence-electron chi connectivity index (χ0n) is 19.5. The summed E-state index contributed by atoms with van der Waals surface area (Å²) in [5.74, 6) is 7.09. The third-order valence-corrected chi connectivity index (χ3v) is 9.07. The molecule has 0 N–H and O–H groups in total. The molecule has 0 atom stereocenters. The normalized spacial score (nSPS) is 17.3. The van der Waals surface area contributed by atoms with Gasteiger partial charge in [-0.25, -0.2) is 4.79 Å². The highest BCUT2D eigenvalue weighted by Gasteiger charge is 2.37. The average Bonchev–Trinajstić information content (AvgIpc) is 3.58. The van der Waals surface area contributed by atoms with Crippen LogP contribution in [0, 0.1) is 17.8 Å². The fourth-order valence-electron chi connectivity index (χ4n) is 4.99. The Labute approximate surface area is 206 Å². The Morgan fingerprint density at radius 1 is 0.735 bits per heavy atom. The minimum atomic E-state index is -0.600. The number of esters is 1. The second-order valence-electron chi connectivity index (χ2n) is 9.30. The molecular weight excluding hydrogens is 436 g/mol. The minimum Gasteiger partial charge on any atom is -0.442 e. The SMILES string of the molecule is O=C(OC1(C#CC2CCCC2)CCCC1)c1ccc([S+](c2ccccc2)c2ccccc2)cc1. The van der Waals surface area contributed by atoms with Crippen molar-refractivity contribution in [2.24, 2.45) is 5.92 Å². The zero-order chi connectivity index (χ0) is 23.2. The molecule has 2 aliphatic carbocycles. The Bertz CT molecular complexity index is 1110. The van der Waals surface area contributed by atoms with Crippen molar-refractivity contribution in [1.82, 2.24) is 0 Å². The molecular formula is C31H31O2S+. The molecule has 3 aromatic rings. The molecule has 0 bridgehead atoms. The van der Waals surface area contributed by atoms with E-state index in [1.807, 2.05) is 24.3 Å². The number of ether oxygens (including phenoxy) is 1. The van der Waals surface area contributed by atoms with E-state index in [4.69, 9.17) is 4.74 Å². The average molecular weight is 468 g/mol. The maximum absolute atomic E-state index is 13.1. The second kappa shape index (κ2) is 10.5. The van der Waals surface area contributed by atoms with Crippen molar-refractivity contribution in [2.45, 2.75) is 71.7 Å². The molecule has 0 unspecified atom stereocenters. The van der Waals surface area contributed by atoms with Crippen LogP contribution in [0.15, 0.2) is 99.6 Å². The van der Waals surface area contributed by atoms with Gasteiger partial charge in [-0.2, -0.15) is 0 Å². The lowest BCUT2D eigenvalue weighted by Gasteiger charge is -2.23. The van der Waals surface area contributed by atoms with E-state index < -0.39 is 5.60 Å². The first kappa shape index (κ1) is 22.8. The van der Waals surface area contributed by atoms with Gasteiger partial charge in [0.1, 0.15) is 0 Å². The largest absolute Gasteiger partial charge is 0.442 e. The monoisotopic (exact) mass is 467 g/mol. The second-order valence-corrected chi connectivity index (χ2v) is 11.3. The van der Waals surface area contributed by atoms with Crippen LogP contribution in [-0.4, -0.2) is 11.6 Å². The molecule has 0 spiro atoms. The van der Waals surface area contributed by atoms with Crippen molar-refractivity contribution in [3.05, 3.63) is 90.5 Å². The van der Waals surface area contributed by atoms with E-state index in [2.05, 4.69) is 72.5 Å². The van der Waals surface area contributed by atoms with Gasteiger partial charge >= 0.3 is 5.97 Å². The lowest BCUT2D eigenvalue weighted by atomic mass is 10.00. The Morgan fingerprint density at radius 3 is 1.82 bits per heavy atom. The number of carbonyl (C=O) groups is 1. The van der Waals surface area contributed by atoms with E-state index in [-0.39, 0.29) is 16.9 Å². The highest BCUT2D eigenvalue weighted by atomic mass is 32.2.